The second-order valence-electron chi connectivity index (χ2n) is 4.98. The standard InChI is InChI=1S/C14H24N4/c1-4-12(5-2)14-16-11(3)10-13(17-14)18-8-6-15-7-9-18/h10,12,15H,4-9H2,1-3H3. The fourth-order valence-electron chi connectivity index (χ4n) is 2.47. The summed E-state index contributed by atoms with van der Waals surface area (Å²) in [5.74, 6) is 2.62. The molecule has 0 radical (unpaired) electrons. The smallest absolute Gasteiger partial charge is 0.134 e. The van der Waals surface area contributed by atoms with Gasteiger partial charge in [0.05, 0.1) is 0 Å². The lowest BCUT2D eigenvalue weighted by atomic mass is 10.0. The zero-order valence-electron chi connectivity index (χ0n) is 11.7. The van der Waals surface area contributed by atoms with Crippen molar-refractivity contribution in [2.24, 2.45) is 0 Å². The first kappa shape index (κ1) is 13.3. The molecule has 1 aromatic rings. The number of anilines is 1. The zero-order valence-corrected chi connectivity index (χ0v) is 11.7. The Morgan fingerprint density at radius 3 is 2.50 bits per heavy atom. The maximum absolute atomic E-state index is 4.79. The first-order valence-corrected chi connectivity index (χ1v) is 7.05. The van der Waals surface area contributed by atoms with Crippen LogP contribution in [-0.4, -0.2) is 36.1 Å². The third kappa shape index (κ3) is 2.99. The summed E-state index contributed by atoms with van der Waals surface area (Å²) >= 11 is 0. The van der Waals surface area contributed by atoms with Crippen molar-refractivity contribution in [3.63, 3.8) is 0 Å². The third-order valence-electron chi connectivity index (χ3n) is 3.65. The minimum atomic E-state index is 0.492. The Morgan fingerprint density at radius 1 is 1.22 bits per heavy atom. The molecule has 2 rings (SSSR count). The fourth-order valence-corrected chi connectivity index (χ4v) is 2.47. The van der Waals surface area contributed by atoms with Gasteiger partial charge in [-0.1, -0.05) is 13.8 Å². The molecule has 4 nitrogen and oxygen atoms in total. The second-order valence-corrected chi connectivity index (χ2v) is 4.98. The summed E-state index contributed by atoms with van der Waals surface area (Å²) in [4.78, 5) is 11.8. The molecular formula is C14H24N4. The normalized spacial score (nSPS) is 16.3. The average molecular weight is 248 g/mol. The molecule has 1 N–H and O–H groups in total. The van der Waals surface area contributed by atoms with Crippen molar-refractivity contribution in [1.29, 1.82) is 0 Å². The third-order valence-corrected chi connectivity index (χ3v) is 3.65. The highest BCUT2D eigenvalue weighted by Gasteiger charge is 2.16. The Balaban J connectivity index is 2.24. The fraction of sp³-hybridized carbons (Fsp3) is 0.714. The van der Waals surface area contributed by atoms with Crippen LogP contribution in [-0.2, 0) is 0 Å². The molecular weight excluding hydrogens is 224 g/mol. The molecule has 1 aliphatic rings. The Labute approximate surface area is 110 Å². The Kier molecular flexibility index (Phi) is 4.53. The van der Waals surface area contributed by atoms with E-state index in [9.17, 15) is 0 Å². The van der Waals surface area contributed by atoms with Crippen LogP contribution >= 0.6 is 0 Å². The quantitative estimate of drug-likeness (QED) is 0.886. The number of nitrogens with one attached hydrogen (secondary N) is 1. The van der Waals surface area contributed by atoms with E-state index in [-0.39, 0.29) is 0 Å². The molecule has 0 aliphatic carbocycles. The van der Waals surface area contributed by atoms with Gasteiger partial charge >= 0.3 is 0 Å². The Bertz CT molecular complexity index is 381. The number of rotatable bonds is 4. The van der Waals surface area contributed by atoms with Crippen LogP contribution in [0.4, 0.5) is 5.82 Å². The second kappa shape index (κ2) is 6.14. The van der Waals surface area contributed by atoms with E-state index in [0.29, 0.717) is 5.92 Å². The minimum Gasteiger partial charge on any atom is -0.354 e. The molecule has 1 saturated heterocycles. The van der Waals surface area contributed by atoms with Crippen LogP contribution in [0, 0.1) is 6.92 Å². The molecule has 1 aliphatic heterocycles. The van der Waals surface area contributed by atoms with Crippen LogP contribution in [0.25, 0.3) is 0 Å². The van der Waals surface area contributed by atoms with Gasteiger partial charge in [0.2, 0.25) is 0 Å². The molecule has 1 aromatic heterocycles. The van der Waals surface area contributed by atoms with Crippen LogP contribution in [0.5, 0.6) is 0 Å². The van der Waals surface area contributed by atoms with E-state index >= 15 is 0 Å². The number of piperazine rings is 1. The monoisotopic (exact) mass is 248 g/mol. The van der Waals surface area contributed by atoms with E-state index in [1.807, 2.05) is 0 Å². The van der Waals surface area contributed by atoms with Gasteiger partial charge in [-0.3, -0.25) is 0 Å². The van der Waals surface area contributed by atoms with Gasteiger partial charge in [0.25, 0.3) is 0 Å². The zero-order chi connectivity index (χ0) is 13.0. The molecule has 0 bridgehead atoms. The van der Waals surface area contributed by atoms with Crippen LogP contribution in [0.1, 0.15) is 44.1 Å². The van der Waals surface area contributed by atoms with E-state index in [1.54, 1.807) is 0 Å². The molecule has 4 heteroatoms. The summed E-state index contributed by atoms with van der Waals surface area (Å²) < 4.78 is 0. The lowest BCUT2D eigenvalue weighted by molar-refractivity contribution is 0.571. The molecule has 0 unspecified atom stereocenters. The van der Waals surface area contributed by atoms with E-state index in [0.717, 1.165) is 56.4 Å². The molecule has 18 heavy (non-hydrogen) atoms. The van der Waals surface area contributed by atoms with E-state index < -0.39 is 0 Å². The summed E-state index contributed by atoms with van der Waals surface area (Å²) in [6.07, 6.45) is 2.22. The van der Waals surface area contributed by atoms with Crippen molar-refractivity contribution in [3.05, 3.63) is 17.6 Å². The SMILES string of the molecule is CCC(CC)c1nc(C)cc(N2CCNCC2)n1. The van der Waals surface area contributed by atoms with E-state index in [2.05, 4.69) is 42.0 Å². The summed E-state index contributed by atoms with van der Waals surface area (Å²) in [5.41, 5.74) is 1.08. The highest BCUT2D eigenvalue weighted by atomic mass is 15.2. The summed E-state index contributed by atoms with van der Waals surface area (Å²) in [6.45, 7) is 10.7. The first-order chi connectivity index (χ1) is 8.74. The molecule has 0 atom stereocenters. The number of aryl methyl sites for hydroxylation is 1. The maximum atomic E-state index is 4.79. The number of aromatic nitrogens is 2. The molecule has 0 saturated carbocycles. The van der Waals surface area contributed by atoms with Gasteiger partial charge in [0.15, 0.2) is 0 Å². The number of hydrogen-bond donors (Lipinski definition) is 1. The highest BCUT2D eigenvalue weighted by Crippen LogP contribution is 2.22. The molecule has 2 heterocycles. The van der Waals surface area contributed by atoms with Crippen LogP contribution < -0.4 is 10.2 Å². The van der Waals surface area contributed by atoms with Crippen molar-refractivity contribution in [3.8, 4) is 0 Å². The Morgan fingerprint density at radius 2 is 1.89 bits per heavy atom. The molecule has 1 fully saturated rings. The predicted octanol–water partition coefficient (Wildman–Crippen LogP) is 2.10. The maximum Gasteiger partial charge on any atom is 0.134 e. The lowest BCUT2D eigenvalue weighted by Crippen LogP contribution is -2.44. The van der Waals surface area contributed by atoms with Crippen LogP contribution in [0.3, 0.4) is 0 Å². The molecule has 0 spiro atoms. The largest absolute Gasteiger partial charge is 0.354 e. The van der Waals surface area contributed by atoms with Crippen molar-refractivity contribution >= 4 is 5.82 Å². The topological polar surface area (TPSA) is 41.1 Å². The van der Waals surface area contributed by atoms with Gasteiger partial charge in [0, 0.05) is 43.9 Å². The van der Waals surface area contributed by atoms with Gasteiger partial charge in [-0.2, -0.15) is 0 Å². The number of hydrogen-bond acceptors (Lipinski definition) is 4. The van der Waals surface area contributed by atoms with Gasteiger partial charge in [-0.05, 0) is 19.8 Å². The van der Waals surface area contributed by atoms with Crippen molar-refractivity contribution < 1.29 is 0 Å². The predicted molar refractivity (Wildman–Crippen MR) is 75.2 cm³/mol. The van der Waals surface area contributed by atoms with E-state index in [4.69, 9.17) is 4.98 Å². The van der Waals surface area contributed by atoms with E-state index in [1.165, 1.54) is 0 Å². The molecule has 0 amide bonds. The van der Waals surface area contributed by atoms with Crippen LogP contribution in [0.15, 0.2) is 6.07 Å². The van der Waals surface area contributed by atoms with Gasteiger partial charge in [-0.25, -0.2) is 9.97 Å². The number of nitrogens with zero attached hydrogens (tertiary/aromatic N) is 3. The van der Waals surface area contributed by atoms with Crippen molar-refractivity contribution in [1.82, 2.24) is 15.3 Å². The van der Waals surface area contributed by atoms with Crippen molar-refractivity contribution in [2.75, 3.05) is 31.1 Å². The first-order valence-electron chi connectivity index (χ1n) is 7.05. The average Bonchev–Trinajstić information content (AvgIpc) is 2.40. The molecule has 0 aromatic carbocycles. The van der Waals surface area contributed by atoms with Crippen molar-refractivity contribution in [2.45, 2.75) is 39.5 Å². The molecule has 100 valence electrons. The van der Waals surface area contributed by atoms with Gasteiger partial charge in [-0.15, -0.1) is 0 Å². The summed E-state index contributed by atoms with van der Waals surface area (Å²) in [5, 5.41) is 3.37. The summed E-state index contributed by atoms with van der Waals surface area (Å²) in [7, 11) is 0. The highest BCUT2D eigenvalue weighted by molar-refractivity contribution is 5.40. The van der Waals surface area contributed by atoms with Gasteiger partial charge in [0.1, 0.15) is 11.6 Å². The Hall–Kier alpha value is -1.16. The van der Waals surface area contributed by atoms with Crippen LogP contribution in [0.2, 0.25) is 0 Å². The lowest BCUT2D eigenvalue weighted by Gasteiger charge is -2.29. The van der Waals surface area contributed by atoms with Gasteiger partial charge < -0.3 is 10.2 Å². The summed E-state index contributed by atoms with van der Waals surface area (Å²) in [6, 6.07) is 2.11. The minimum absolute atomic E-state index is 0.492.